The van der Waals surface area contributed by atoms with Gasteiger partial charge in [0.25, 0.3) is 0 Å². The van der Waals surface area contributed by atoms with Gasteiger partial charge < -0.3 is 10.2 Å². The summed E-state index contributed by atoms with van der Waals surface area (Å²) in [6, 6.07) is 13.3. The summed E-state index contributed by atoms with van der Waals surface area (Å²) in [7, 11) is 0. The van der Waals surface area contributed by atoms with E-state index in [1.807, 2.05) is 36.4 Å². The molecule has 0 unspecified atom stereocenters. The minimum absolute atomic E-state index is 0.306. The number of aliphatic carboxylic acids is 1. The number of benzene rings is 2. The van der Waals surface area contributed by atoms with Crippen LogP contribution < -0.4 is 0 Å². The van der Waals surface area contributed by atoms with E-state index in [-0.39, 0.29) is 5.88 Å². The number of hydrogen-bond acceptors (Lipinski definition) is 2. The van der Waals surface area contributed by atoms with Crippen molar-refractivity contribution >= 4 is 28.3 Å². The molecule has 0 bridgehead atoms. The zero-order chi connectivity index (χ0) is 12.0. The predicted octanol–water partition coefficient (Wildman–Crippen LogP) is 2.86. The molecular weight excluding hydrogens is 228 g/mol. The lowest BCUT2D eigenvalue weighted by molar-refractivity contribution is -0.134. The van der Waals surface area contributed by atoms with E-state index in [1.54, 1.807) is 6.07 Å². The predicted molar refractivity (Wildman–Crippen MR) is 64.0 cm³/mol. The van der Waals surface area contributed by atoms with Gasteiger partial charge in [-0.15, -0.1) is 11.6 Å². The van der Waals surface area contributed by atoms with Crippen molar-refractivity contribution < 1.29 is 15.0 Å². The Morgan fingerprint density at radius 3 is 2.25 bits per heavy atom. The van der Waals surface area contributed by atoms with Gasteiger partial charge in [0.2, 0.25) is 0 Å². The Hall–Kier alpha value is -1.74. The lowest BCUT2D eigenvalue weighted by Gasteiger charge is -1.97. The van der Waals surface area contributed by atoms with Crippen LogP contribution in [0.3, 0.4) is 0 Å². The van der Waals surface area contributed by atoms with Gasteiger partial charge in [0, 0.05) is 5.39 Å². The fraction of sp³-hybridized carbons (Fsp3) is 0.0833. The molecule has 2 N–H and O–H groups in total. The maximum atomic E-state index is 9.37. The van der Waals surface area contributed by atoms with E-state index >= 15 is 0 Å². The van der Waals surface area contributed by atoms with Crippen LogP contribution in [0.1, 0.15) is 0 Å². The maximum absolute atomic E-state index is 9.37. The first-order chi connectivity index (χ1) is 7.65. The summed E-state index contributed by atoms with van der Waals surface area (Å²) in [5.41, 5.74) is 0. The molecule has 0 spiro atoms. The number of phenols is 1. The monoisotopic (exact) mass is 238 g/mol. The highest BCUT2D eigenvalue weighted by Crippen LogP contribution is 2.22. The standard InChI is InChI=1S/C10H8O.C2H3ClO2/c11-10-7-3-5-8-4-1-2-6-9(8)10;3-1-2(4)5/h1-7,11H;1H2,(H,4,5). The van der Waals surface area contributed by atoms with E-state index in [0.29, 0.717) is 5.75 Å². The first-order valence-corrected chi connectivity index (χ1v) is 5.13. The van der Waals surface area contributed by atoms with Crippen molar-refractivity contribution in [1.82, 2.24) is 0 Å². The fourth-order valence-electron chi connectivity index (χ4n) is 1.21. The number of carboxylic acid groups (broad SMARTS) is 1. The van der Waals surface area contributed by atoms with Crippen LogP contribution in [0.5, 0.6) is 5.75 Å². The Labute approximate surface area is 97.9 Å². The molecule has 0 saturated carbocycles. The van der Waals surface area contributed by atoms with E-state index < -0.39 is 5.97 Å². The topological polar surface area (TPSA) is 57.5 Å². The lowest BCUT2D eigenvalue weighted by Crippen LogP contribution is -1.92. The zero-order valence-electron chi connectivity index (χ0n) is 8.43. The molecule has 0 radical (unpaired) electrons. The largest absolute Gasteiger partial charge is 0.507 e. The Balaban J connectivity index is 0.000000221. The van der Waals surface area contributed by atoms with Gasteiger partial charge in [0.05, 0.1) is 0 Å². The first kappa shape index (κ1) is 12.3. The second kappa shape index (κ2) is 5.98. The number of rotatable bonds is 1. The SMILES string of the molecule is O=C(O)CCl.Oc1cccc2ccccc12. The number of alkyl halides is 1. The second-order valence-corrected chi connectivity index (χ2v) is 3.29. The quantitative estimate of drug-likeness (QED) is 0.751. The van der Waals surface area contributed by atoms with E-state index in [4.69, 9.17) is 16.7 Å². The Morgan fingerprint density at radius 2 is 1.69 bits per heavy atom. The fourth-order valence-corrected chi connectivity index (χ4v) is 1.21. The van der Waals surface area contributed by atoms with Crippen LogP contribution in [0.25, 0.3) is 10.8 Å². The molecule has 0 fully saturated rings. The van der Waals surface area contributed by atoms with Crippen LogP contribution in [-0.2, 0) is 4.79 Å². The van der Waals surface area contributed by atoms with Gasteiger partial charge in [0.1, 0.15) is 11.6 Å². The van der Waals surface area contributed by atoms with Gasteiger partial charge >= 0.3 is 5.97 Å². The molecule has 2 aromatic carbocycles. The van der Waals surface area contributed by atoms with Crippen LogP contribution in [0, 0.1) is 0 Å². The van der Waals surface area contributed by atoms with Crippen LogP contribution in [0.4, 0.5) is 0 Å². The number of fused-ring (bicyclic) bond motifs is 1. The van der Waals surface area contributed by atoms with Gasteiger partial charge in [-0.1, -0.05) is 36.4 Å². The summed E-state index contributed by atoms with van der Waals surface area (Å²) in [4.78, 5) is 9.24. The summed E-state index contributed by atoms with van der Waals surface area (Å²) >= 11 is 4.74. The van der Waals surface area contributed by atoms with Crippen molar-refractivity contribution in [3.05, 3.63) is 42.5 Å². The van der Waals surface area contributed by atoms with Crippen molar-refractivity contribution in [1.29, 1.82) is 0 Å². The molecule has 3 nitrogen and oxygen atoms in total. The Kier molecular flexibility index (Phi) is 4.61. The summed E-state index contributed by atoms with van der Waals surface area (Å²) in [6.45, 7) is 0. The molecule has 2 rings (SSSR count). The molecule has 0 saturated heterocycles. The number of carboxylic acids is 1. The van der Waals surface area contributed by atoms with Gasteiger partial charge in [-0.2, -0.15) is 0 Å². The van der Waals surface area contributed by atoms with Crippen LogP contribution >= 0.6 is 11.6 Å². The van der Waals surface area contributed by atoms with Crippen LogP contribution in [0.2, 0.25) is 0 Å². The molecule has 0 aliphatic carbocycles. The third-order valence-corrected chi connectivity index (χ3v) is 2.11. The van der Waals surface area contributed by atoms with Gasteiger partial charge in [-0.25, -0.2) is 0 Å². The van der Waals surface area contributed by atoms with Crippen molar-refractivity contribution in [2.24, 2.45) is 0 Å². The number of aromatic hydroxyl groups is 1. The van der Waals surface area contributed by atoms with E-state index in [0.717, 1.165) is 10.8 Å². The molecule has 0 aliphatic rings. The summed E-state index contributed by atoms with van der Waals surface area (Å²) in [5.74, 6) is -0.935. The minimum Gasteiger partial charge on any atom is -0.507 e. The smallest absolute Gasteiger partial charge is 0.318 e. The summed E-state index contributed by atoms with van der Waals surface area (Å²) in [5, 5.41) is 18.9. The third-order valence-electron chi connectivity index (χ3n) is 1.88. The van der Waals surface area contributed by atoms with Crippen molar-refractivity contribution in [3.8, 4) is 5.75 Å². The average Bonchev–Trinajstić information content (AvgIpc) is 2.30. The molecule has 84 valence electrons. The number of halogens is 1. The molecule has 0 atom stereocenters. The van der Waals surface area contributed by atoms with E-state index in [2.05, 4.69) is 0 Å². The highest BCUT2D eigenvalue weighted by molar-refractivity contribution is 6.26. The van der Waals surface area contributed by atoms with Crippen LogP contribution in [-0.4, -0.2) is 22.1 Å². The van der Waals surface area contributed by atoms with E-state index in [9.17, 15) is 9.90 Å². The molecule has 0 aliphatic heterocycles. The minimum atomic E-state index is -0.980. The Bertz CT molecular complexity index is 477. The van der Waals surface area contributed by atoms with Crippen LogP contribution in [0.15, 0.2) is 42.5 Å². The zero-order valence-corrected chi connectivity index (χ0v) is 9.19. The lowest BCUT2D eigenvalue weighted by atomic mass is 10.1. The molecule has 2 aromatic rings. The maximum Gasteiger partial charge on any atom is 0.318 e. The number of carbonyl (C=O) groups is 1. The highest BCUT2D eigenvalue weighted by Gasteiger charge is 1.94. The molecule has 0 amide bonds. The average molecular weight is 239 g/mol. The van der Waals surface area contributed by atoms with Crippen molar-refractivity contribution in [3.63, 3.8) is 0 Å². The number of phenolic OH excluding ortho intramolecular Hbond substituents is 1. The third kappa shape index (κ3) is 3.44. The molecule has 0 heterocycles. The van der Waals surface area contributed by atoms with E-state index in [1.165, 1.54) is 0 Å². The molecule has 0 aromatic heterocycles. The molecule has 4 heteroatoms. The van der Waals surface area contributed by atoms with Gasteiger partial charge in [-0.3, -0.25) is 4.79 Å². The van der Waals surface area contributed by atoms with Gasteiger partial charge in [0.15, 0.2) is 0 Å². The molecule has 16 heavy (non-hydrogen) atoms. The van der Waals surface area contributed by atoms with Crippen molar-refractivity contribution in [2.75, 3.05) is 5.88 Å². The summed E-state index contributed by atoms with van der Waals surface area (Å²) < 4.78 is 0. The molecular formula is C12H11ClO3. The number of hydrogen-bond donors (Lipinski definition) is 2. The summed E-state index contributed by atoms with van der Waals surface area (Å²) in [6.07, 6.45) is 0. The highest BCUT2D eigenvalue weighted by atomic mass is 35.5. The van der Waals surface area contributed by atoms with Crippen molar-refractivity contribution in [2.45, 2.75) is 0 Å². The van der Waals surface area contributed by atoms with Gasteiger partial charge in [-0.05, 0) is 11.5 Å². The normalized spacial score (nSPS) is 9.31. The second-order valence-electron chi connectivity index (χ2n) is 3.03. The Morgan fingerprint density at radius 1 is 1.12 bits per heavy atom. The first-order valence-electron chi connectivity index (χ1n) is 4.59.